The lowest BCUT2D eigenvalue weighted by atomic mass is 9.88. The van der Waals surface area contributed by atoms with Gasteiger partial charge in [0.25, 0.3) is 0 Å². The Morgan fingerprint density at radius 2 is 2.00 bits per heavy atom. The van der Waals surface area contributed by atoms with Crippen molar-refractivity contribution in [3.8, 4) is 0 Å². The first-order chi connectivity index (χ1) is 8.13. The first-order valence-corrected chi connectivity index (χ1v) is 7.86. The van der Waals surface area contributed by atoms with Crippen molar-refractivity contribution in [3.63, 3.8) is 0 Å². The molecular weight excluding hydrogens is 232 g/mol. The number of thioether (sulfide) groups is 1. The zero-order valence-corrected chi connectivity index (χ0v) is 12.2. The van der Waals surface area contributed by atoms with Gasteiger partial charge in [-0.1, -0.05) is 19.3 Å². The lowest BCUT2D eigenvalue weighted by molar-refractivity contribution is -0.128. The fraction of sp³-hybridized carbons (Fsp3) is 0.923. The minimum atomic E-state index is 0.194. The number of hydrogen-bond donors (Lipinski definition) is 1. The number of nitrogens with zero attached hydrogens (tertiary/aromatic N) is 1. The van der Waals surface area contributed by atoms with Crippen LogP contribution >= 0.6 is 11.8 Å². The highest BCUT2D eigenvalue weighted by molar-refractivity contribution is 8.00. The van der Waals surface area contributed by atoms with Crippen LogP contribution in [0.1, 0.15) is 39.0 Å². The van der Waals surface area contributed by atoms with Gasteiger partial charge in [0.05, 0.1) is 6.54 Å². The highest BCUT2D eigenvalue weighted by atomic mass is 32.2. The predicted octanol–water partition coefficient (Wildman–Crippen LogP) is 2.12. The quantitative estimate of drug-likeness (QED) is 0.792. The topological polar surface area (TPSA) is 32.3 Å². The molecular formula is C13H26N2OS. The Morgan fingerprint density at radius 3 is 2.53 bits per heavy atom. The Labute approximate surface area is 110 Å². The maximum Gasteiger partial charge on any atom is 0.236 e. The van der Waals surface area contributed by atoms with Gasteiger partial charge in [-0.25, -0.2) is 0 Å². The Hall–Kier alpha value is -0.220. The van der Waals surface area contributed by atoms with Crippen LogP contribution < -0.4 is 5.32 Å². The van der Waals surface area contributed by atoms with E-state index in [9.17, 15) is 4.79 Å². The summed E-state index contributed by atoms with van der Waals surface area (Å²) in [6, 6.07) is 0. The van der Waals surface area contributed by atoms with Crippen molar-refractivity contribution in [3.05, 3.63) is 0 Å². The summed E-state index contributed by atoms with van der Waals surface area (Å²) < 4.78 is 0.378. The lowest BCUT2D eigenvalue weighted by Gasteiger charge is -2.36. The Morgan fingerprint density at radius 1 is 1.35 bits per heavy atom. The molecule has 1 amide bonds. The molecule has 1 rings (SSSR count). The molecule has 0 spiro atoms. The summed E-state index contributed by atoms with van der Waals surface area (Å²) in [5, 5.41) is 3.35. The van der Waals surface area contributed by atoms with E-state index in [4.69, 9.17) is 0 Å². The number of nitrogens with one attached hydrogen (secondary N) is 1. The fourth-order valence-electron chi connectivity index (χ4n) is 2.36. The van der Waals surface area contributed by atoms with E-state index in [-0.39, 0.29) is 5.91 Å². The summed E-state index contributed by atoms with van der Waals surface area (Å²) in [5.74, 6) is 0.194. The molecule has 0 aliphatic heterocycles. The first kappa shape index (κ1) is 14.8. The van der Waals surface area contributed by atoms with E-state index < -0.39 is 0 Å². The predicted molar refractivity (Wildman–Crippen MR) is 75.5 cm³/mol. The van der Waals surface area contributed by atoms with Crippen molar-refractivity contribution in [2.45, 2.75) is 43.8 Å². The average Bonchev–Trinajstić information content (AvgIpc) is 2.38. The molecule has 4 heteroatoms. The van der Waals surface area contributed by atoms with Gasteiger partial charge in [-0.05, 0) is 26.0 Å². The average molecular weight is 258 g/mol. The molecule has 0 saturated heterocycles. The van der Waals surface area contributed by atoms with Crippen LogP contribution in [0.4, 0.5) is 0 Å². The number of rotatable bonds is 6. The smallest absolute Gasteiger partial charge is 0.236 e. The van der Waals surface area contributed by atoms with E-state index in [1.54, 1.807) is 4.90 Å². The third-order valence-electron chi connectivity index (χ3n) is 3.82. The normalized spacial score (nSPS) is 19.0. The number of amides is 1. The van der Waals surface area contributed by atoms with Gasteiger partial charge >= 0.3 is 0 Å². The van der Waals surface area contributed by atoms with E-state index >= 15 is 0 Å². The van der Waals surface area contributed by atoms with Gasteiger partial charge in [0.2, 0.25) is 5.91 Å². The van der Waals surface area contributed by atoms with Gasteiger partial charge < -0.3 is 10.2 Å². The van der Waals surface area contributed by atoms with Crippen molar-refractivity contribution in [2.75, 3.05) is 32.9 Å². The van der Waals surface area contributed by atoms with Crippen LogP contribution in [0.15, 0.2) is 0 Å². The number of likely N-dealkylation sites (N-methyl/N-ethyl adjacent to an activating group) is 1. The molecule has 1 aliphatic carbocycles. The second-order valence-corrected chi connectivity index (χ2v) is 6.23. The van der Waals surface area contributed by atoms with Gasteiger partial charge in [-0.2, -0.15) is 11.8 Å². The van der Waals surface area contributed by atoms with E-state index in [0.717, 1.165) is 13.1 Å². The van der Waals surface area contributed by atoms with Crippen LogP contribution in [0.5, 0.6) is 0 Å². The minimum absolute atomic E-state index is 0.194. The third kappa shape index (κ3) is 4.51. The fourth-order valence-corrected chi connectivity index (χ4v) is 3.30. The largest absolute Gasteiger partial charge is 0.345 e. The van der Waals surface area contributed by atoms with Crippen LogP contribution in [0, 0.1) is 0 Å². The summed E-state index contributed by atoms with van der Waals surface area (Å²) in [5.41, 5.74) is 0. The molecule has 3 nitrogen and oxygen atoms in total. The second kappa shape index (κ2) is 7.27. The van der Waals surface area contributed by atoms with E-state index in [0.29, 0.717) is 11.3 Å². The van der Waals surface area contributed by atoms with Crippen molar-refractivity contribution in [1.82, 2.24) is 10.2 Å². The third-order valence-corrected chi connectivity index (χ3v) is 5.24. The maximum absolute atomic E-state index is 11.7. The van der Waals surface area contributed by atoms with Crippen molar-refractivity contribution in [1.29, 1.82) is 0 Å². The molecule has 0 aromatic rings. The van der Waals surface area contributed by atoms with Crippen molar-refractivity contribution >= 4 is 17.7 Å². The molecule has 0 radical (unpaired) electrons. The molecule has 0 atom stereocenters. The molecule has 0 heterocycles. The Balaban J connectivity index is 2.30. The number of carbonyl (C=O) groups excluding carboxylic acids is 1. The van der Waals surface area contributed by atoms with E-state index in [1.165, 1.54) is 32.1 Å². The molecule has 0 aromatic carbocycles. The molecule has 0 aromatic heterocycles. The van der Waals surface area contributed by atoms with Crippen LogP contribution in [-0.2, 0) is 4.79 Å². The van der Waals surface area contributed by atoms with Gasteiger partial charge in [0.1, 0.15) is 0 Å². The van der Waals surface area contributed by atoms with Crippen LogP contribution in [0.2, 0.25) is 0 Å². The van der Waals surface area contributed by atoms with Crippen LogP contribution in [0.3, 0.4) is 0 Å². The Bertz CT molecular complexity index is 240. The molecule has 1 saturated carbocycles. The highest BCUT2D eigenvalue weighted by Crippen LogP contribution is 2.37. The lowest BCUT2D eigenvalue weighted by Crippen LogP contribution is -2.43. The van der Waals surface area contributed by atoms with Crippen molar-refractivity contribution in [2.24, 2.45) is 0 Å². The zero-order valence-electron chi connectivity index (χ0n) is 11.4. The summed E-state index contributed by atoms with van der Waals surface area (Å²) in [6.45, 7) is 4.24. The molecule has 100 valence electrons. The monoisotopic (exact) mass is 258 g/mol. The number of carbonyl (C=O) groups is 1. The van der Waals surface area contributed by atoms with Gasteiger partial charge in [0, 0.05) is 24.9 Å². The summed E-state index contributed by atoms with van der Waals surface area (Å²) in [7, 11) is 1.86. The second-order valence-electron chi connectivity index (χ2n) is 4.96. The molecule has 1 N–H and O–H groups in total. The highest BCUT2D eigenvalue weighted by Gasteiger charge is 2.30. The zero-order chi connectivity index (χ0) is 12.7. The molecule has 0 bridgehead atoms. The van der Waals surface area contributed by atoms with E-state index in [2.05, 4.69) is 11.6 Å². The van der Waals surface area contributed by atoms with Gasteiger partial charge in [-0.3, -0.25) is 4.79 Å². The Kier molecular flexibility index (Phi) is 6.34. The molecule has 17 heavy (non-hydrogen) atoms. The van der Waals surface area contributed by atoms with Gasteiger partial charge in [-0.15, -0.1) is 0 Å². The van der Waals surface area contributed by atoms with Gasteiger partial charge in [0.15, 0.2) is 0 Å². The maximum atomic E-state index is 11.7. The first-order valence-electron chi connectivity index (χ1n) is 6.63. The van der Waals surface area contributed by atoms with E-state index in [1.807, 2.05) is 25.7 Å². The molecule has 0 unspecified atom stereocenters. The molecule has 1 aliphatic rings. The summed E-state index contributed by atoms with van der Waals surface area (Å²) in [6.07, 6.45) is 8.83. The van der Waals surface area contributed by atoms with Crippen LogP contribution in [-0.4, -0.2) is 48.5 Å². The summed E-state index contributed by atoms with van der Waals surface area (Å²) in [4.78, 5) is 13.4. The SMILES string of the molecule is CCN(C)C(=O)CNCC1(SC)CCCCC1. The van der Waals surface area contributed by atoms with Crippen LogP contribution in [0.25, 0.3) is 0 Å². The standard InChI is InChI=1S/C13H26N2OS/c1-4-15(2)12(16)10-14-11-13(17-3)8-6-5-7-9-13/h14H,4-11H2,1-3H3. The minimum Gasteiger partial charge on any atom is -0.345 e. The molecule has 1 fully saturated rings. The number of hydrogen-bond acceptors (Lipinski definition) is 3. The summed E-state index contributed by atoms with van der Waals surface area (Å²) >= 11 is 1.97. The van der Waals surface area contributed by atoms with Crippen molar-refractivity contribution < 1.29 is 4.79 Å².